The van der Waals surface area contributed by atoms with Crippen LogP contribution in [0.25, 0.3) is 11.1 Å². The molecule has 0 fully saturated rings. The van der Waals surface area contributed by atoms with Crippen LogP contribution in [0.3, 0.4) is 0 Å². The van der Waals surface area contributed by atoms with E-state index in [1.807, 2.05) is 12.4 Å². The highest BCUT2D eigenvalue weighted by atomic mass is 16.6. The standard InChI is InChI=1S/C23H33N3O2/c1-6-19-11-12-25-14-21(19)20-9-7-18(13-17(20)2)8-10-22(27)26-15-23(3,4)16-28-24-5/h7,9,11-14,24H,6,8,10,15-16H2,1-5H3,(H,26,27). The van der Waals surface area contributed by atoms with E-state index in [9.17, 15) is 4.79 Å². The Labute approximate surface area is 168 Å². The normalized spacial score (nSPS) is 11.5. The third kappa shape index (κ3) is 6.43. The van der Waals surface area contributed by atoms with Crippen molar-refractivity contribution >= 4 is 5.91 Å². The van der Waals surface area contributed by atoms with E-state index in [1.54, 1.807) is 7.05 Å². The van der Waals surface area contributed by atoms with Gasteiger partial charge >= 0.3 is 0 Å². The van der Waals surface area contributed by atoms with Crippen molar-refractivity contribution < 1.29 is 9.63 Å². The van der Waals surface area contributed by atoms with Crippen LogP contribution in [0.5, 0.6) is 0 Å². The molecule has 5 nitrogen and oxygen atoms in total. The predicted octanol–water partition coefficient (Wildman–Crippen LogP) is 3.85. The molecule has 1 amide bonds. The van der Waals surface area contributed by atoms with E-state index >= 15 is 0 Å². The van der Waals surface area contributed by atoms with E-state index in [0.29, 0.717) is 19.6 Å². The van der Waals surface area contributed by atoms with Crippen molar-refractivity contribution in [2.45, 2.75) is 47.0 Å². The minimum absolute atomic E-state index is 0.0693. The average molecular weight is 384 g/mol. The molecule has 0 atom stereocenters. The Morgan fingerprint density at radius 3 is 2.68 bits per heavy atom. The molecule has 0 aliphatic heterocycles. The van der Waals surface area contributed by atoms with E-state index in [2.05, 4.69) is 67.7 Å². The number of pyridine rings is 1. The van der Waals surface area contributed by atoms with Crippen molar-refractivity contribution in [3.05, 3.63) is 53.3 Å². The van der Waals surface area contributed by atoms with Gasteiger partial charge in [-0.3, -0.25) is 9.78 Å². The van der Waals surface area contributed by atoms with Crippen molar-refractivity contribution in [2.24, 2.45) is 5.41 Å². The smallest absolute Gasteiger partial charge is 0.220 e. The number of aryl methyl sites for hydroxylation is 3. The molecular weight excluding hydrogens is 350 g/mol. The molecule has 0 unspecified atom stereocenters. The van der Waals surface area contributed by atoms with Gasteiger partial charge in [-0.15, -0.1) is 0 Å². The second kappa shape index (κ2) is 10.3. The molecule has 1 aromatic carbocycles. The number of amides is 1. The minimum atomic E-state index is -0.113. The van der Waals surface area contributed by atoms with Crippen molar-refractivity contribution in [3.63, 3.8) is 0 Å². The first kappa shape index (κ1) is 22.1. The van der Waals surface area contributed by atoms with Crippen LogP contribution in [0.15, 0.2) is 36.7 Å². The number of carbonyl (C=O) groups is 1. The molecule has 0 aliphatic rings. The van der Waals surface area contributed by atoms with E-state index in [0.717, 1.165) is 12.8 Å². The first-order valence-electron chi connectivity index (χ1n) is 9.94. The molecule has 28 heavy (non-hydrogen) atoms. The van der Waals surface area contributed by atoms with Crippen LogP contribution in [-0.2, 0) is 22.5 Å². The number of rotatable bonds is 10. The van der Waals surface area contributed by atoms with Gasteiger partial charge in [-0.05, 0) is 48.1 Å². The first-order chi connectivity index (χ1) is 13.4. The SMILES string of the molecule is CCc1ccncc1-c1ccc(CCC(=O)NCC(C)(C)CONC)cc1C. The molecule has 0 spiro atoms. The van der Waals surface area contributed by atoms with Gasteiger partial charge in [0.15, 0.2) is 0 Å². The fraction of sp³-hybridized carbons (Fsp3) is 0.478. The van der Waals surface area contributed by atoms with Gasteiger partial charge in [0, 0.05) is 43.4 Å². The Morgan fingerprint density at radius 2 is 2.00 bits per heavy atom. The molecule has 0 saturated heterocycles. The van der Waals surface area contributed by atoms with E-state index in [-0.39, 0.29) is 11.3 Å². The molecule has 2 N–H and O–H groups in total. The number of benzene rings is 1. The second-order valence-corrected chi connectivity index (χ2v) is 7.97. The number of nitrogens with one attached hydrogen (secondary N) is 2. The Bertz CT molecular complexity index is 787. The van der Waals surface area contributed by atoms with Gasteiger partial charge in [0.2, 0.25) is 5.91 Å². The lowest BCUT2D eigenvalue weighted by molar-refractivity contribution is -0.121. The molecule has 2 rings (SSSR count). The first-order valence-corrected chi connectivity index (χ1v) is 9.94. The van der Waals surface area contributed by atoms with E-state index < -0.39 is 0 Å². The third-order valence-electron chi connectivity index (χ3n) is 4.89. The summed E-state index contributed by atoms with van der Waals surface area (Å²) in [7, 11) is 1.74. The highest BCUT2D eigenvalue weighted by Crippen LogP contribution is 2.27. The topological polar surface area (TPSA) is 63.2 Å². The summed E-state index contributed by atoms with van der Waals surface area (Å²) in [5.41, 5.74) is 8.65. The Balaban J connectivity index is 1.93. The van der Waals surface area contributed by atoms with Gasteiger partial charge in [-0.1, -0.05) is 39.0 Å². The summed E-state index contributed by atoms with van der Waals surface area (Å²) in [6.07, 6.45) is 5.97. The monoisotopic (exact) mass is 383 g/mol. The quantitative estimate of drug-likeness (QED) is 0.612. The van der Waals surface area contributed by atoms with Crippen LogP contribution in [-0.4, -0.2) is 31.1 Å². The summed E-state index contributed by atoms with van der Waals surface area (Å²) in [6, 6.07) is 8.53. The molecule has 0 saturated carbocycles. The number of aromatic nitrogens is 1. The van der Waals surface area contributed by atoms with Crippen molar-refractivity contribution in [3.8, 4) is 11.1 Å². The Kier molecular flexibility index (Phi) is 8.15. The zero-order valence-electron chi connectivity index (χ0n) is 17.8. The Hall–Kier alpha value is -2.24. The van der Waals surface area contributed by atoms with Gasteiger partial charge in [0.1, 0.15) is 0 Å². The number of hydrogen-bond acceptors (Lipinski definition) is 4. The maximum atomic E-state index is 12.2. The summed E-state index contributed by atoms with van der Waals surface area (Å²) < 4.78 is 0. The van der Waals surface area contributed by atoms with Gasteiger partial charge in [-0.25, -0.2) is 5.48 Å². The fourth-order valence-corrected chi connectivity index (χ4v) is 3.16. The summed E-state index contributed by atoms with van der Waals surface area (Å²) in [5, 5.41) is 3.01. The third-order valence-corrected chi connectivity index (χ3v) is 4.89. The summed E-state index contributed by atoms with van der Waals surface area (Å²) in [6.45, 7) is 9.54. The molecule has 152 valence electrons. The minimum Gasteiger partial charge on any atom is -0.355 e. The zero-order chi connectivity index (χ0) is 20.6. The highest BCUT2D eigenvalue weighted by molar-refractivity contribution is 5.76. The summed E-state index contributed by atoms with van der Waals surface area (Å²) in [4.78, 5) is 21.7. The molecule has 0 aliphatic carbocycles. The van der Waals surface area contributed by atoms with Crippen LogP contribution in [0.4, 0.5) is 0 Å². The zero-order valence-corrected chi connectivity index (χ0v) is 17.8. The molecule has 1 aromatic heterocycles. The lowest BCUT2D eigenvalue weighted by Gasteiger charge is -2.24. The molecule has 2 aromatic rings. The van der Waals surface area contributed by atoms with Crippen LogP contribution < -0.4 is 10.8 Å². The number of hydrogen-bond donors (Lipinski definition) is 2. The van der Waals surface area contributed by atoms with Crippen LogP contribution in [0.2, 0.25) is 0 Å². The van der Waals surface area contributed by atoms with Crippen LogP contribution in [0, 0.1) is 12.3 Å². The average Bonchev–Trinajstić information content (AvgIpc) is 2.69. The lowest BCUT2D eigenvalue weighted by atomic mass is 9.94. The van der Waals surface area contributed by atoms with Gasteiger partial charge in [-0.2, -0.15) is 0 Å². The predicted molar refractivity (Wildman–Crippen MR) is 114 cm³/mol. The van der Waals surface area contributed by atoms with Gasteiger partial charge in [0.25, 0.3) is 0 Å². The number of carbonyl (C=O) groups excluding carboxylic acids is 1. The lowest BCUT2D eigenvalue weighted by Crippen LogP contribution is -2.37. The van der Waals surface area contributed by atoms with E-state index in [1.165, 1.54) is 27.8 Å². The van der Waals surface area contributed by atoms with E-state index in [4.69, 9.17) is 4.84 Å². The van der Waals surface area contributed by atoms with Crippen molar-refractivity contribution in [1.29, 1.82) is 0 Å². The molecule has 0 radical (unpaired) electrons. The van der Waals surface area contributed by atoms with Gasteiger partial charge < -0.3 is 10.2 Å². The summed E-state index contributed by atoms with van der Waals surface area (Å²) >= 11 is 0. The molecular formula is C23H33N3O2. The number of nitrogens with zero attached hydrogens (tertiary/aromatic N) is 1. The number of hydroxylamine groups is 1. The van der Waals surface area contributed by atoms with Gasteiger partial charge in [0.05, 0.1) is 6.61 Å². The van der Waals surface area contributed by atoms with Crippen molar-refractivity contribution in [2.75, 3.05) is 20.2 Å². The summed E-state index contributed by atoms with van der Waals surface area (Å²) in [5.74, 6) is 0.0693. The highest BCUT2D eigenvalue weighted by Gasteiger charge is 2.19. The molecule has 5 heteroatoms. The maximum Gasteiger partial charge on any atom is 0.220 e. The second-order valence-electron chi connectivity index (χ2n) is 7.97. The van der Waals surface area contributed by atoms with Crippen LogP contribution in [0.1, 0.15) is 43.9 Å². The van der Waals surface area contributed by atoms with Crippen molar-refractivity contribution in [1.82, 2.24) is 15.8 Å². The largest absolute Gasteiger partial charge is 0.355 e. The fourth-order valence-electron chi connectivity index (χ4n) is 3.16. The van der Waals surface area contributed by atoms with Crippen LogP contribution >= 0.6 is 0 Å². The molecule has 0 bridgehead atoms. The molecule has 1 heterocycles. The maximum absolute atomic E-state index is 12.2. The Morgan fingerprint density at radius 1 is 1.21 bits per heavy atom.